The number of benzene rings is 1. The van der Waals surface area contributed by atoms with E-state index in [1.54, 1.807) is 7.11 Å². The van der Waals surface area contributed by atoms with E-state index in [1.807, 2.05) is 29.2 Å². The summed E-state index contributed by atoms with van der Waals surface area (Å²) in [5.41, 5.74) is 1.20. The van der Waals surface area contributed by atoms with Crippen LogP contribution in [-0.2, 0) is 11.2 Å². The van der Waals surface area contributed by atoms with Crippen molar-refractivity contribution in [3.63, 3.8) is 0 Å². The summed E-state index contributed by atoms with van der Waals surface area (Å²) in [4.78, 5) is 16.9. The zero-order valence-corrected chi connectivity index (χ0v) is 13.5. The first-order chi connectivity index (χ1) is 10.7. The number of rotatable bonds is 6. The lowest BCUT2D eigenvalue weighted by Crippen LogP contribution is -2.49. The predicted octanol–water partition coefficient (Wildman–Crippen LogP) is 2.18. The first-order valence-electron chi connectivity index (χ1n) is 8.37. The summed E-state index contributed by atoms with van der Waals surface area (Å²) in [6, 6.07) is 7.99. The molecule has 1 heterocycles. The molecule has 0 bridgehead atoms. The number of piperazine rings is 1. The van der Waals surface area contributed by atoms with Crippen LogP contribution in [0.1, 0.15) is 24.8 Å². The lowest BCUT2D eigenvalue weighted by atomic mass is 10.1. The largest absolute Gasteiger partial charge is 0.497 e. The van der Waals surface area contributed by atoms with Gasteiger partial charge in [0, 0.05) is 39.1 Å². The predicted molar refractivity (Wildman–Crippen MR) is 87.1 cm³/mol. The van der Waals surface area contributed by atoms with E-state index in [2.05, 4.69) is 4.90 Å². The minimum Gasteiger partial charge on any atom is -0.497 e. The van der Waals surface area contributed by atoms with Crippen molar-refractivity contribution >= 4 is 5.91 Å². The fourth-order valence-corrected chi connectivity index (χ4v) is 3.05. The van der Waals surface area contributed by atoms with E-state index in [1.165, 1.54) is 24.9 Å². The molecule has 0 unspecified atom stereocenters. The number of hydrogen-bond acceptors (Lipinski definition) is 3. The lowest BCUT2D eigenvalue weighted by Gasteiger charge is -2.34. The SMILES string of the molecule is COc1ccc(CCC(=O)N2CCN(CC3CC3)CC2)cc1. The minimum atomic E-state index is 0.293. The van der Waals surface area contributed by atoms with Crippen LogP contribution >= 0.6 is 0 Å². The van der Waals surface area contributed by atoms with Crippen LogP contribution in [0.5, 0.6) is 5.75 Å². The first-order valence-corrected chi connectivity index (χ1v) is 8.37. The molecule has 3 rings (SSSR count). The summed E-state index contributed by atoms with van der Waals surface area (Å²) >= 11 is 0. The second kappa shape index (κ2) is 7.14. The topological polar surface area (TPSA) is 32.8 Å². The Morgan fingerprint density at radius 1 is 1.14 bits per heavy atom. The summed E-state index contributed by atoms with van der Waals surface area (Å²) in [5, 5.41) is 0. The highest BCUT2D eigenvalue weighted by atomic mass is 16.5. The molecule has 2 aliphatic rings. The second-order valence-electron chi connectivity index (χ2n) is 6.47. The molecule has 0 aromatic heterocycles. The van der Waals surface area contributed by atoms with Crippen molar-refractivity contribution in [2.75, 3.05) is 39.8 Å². The zero-order valence-electron chi connectivity index (χ0n) is 13.5. The molecule has 4 nitrogen and oxygen atoms in total. The maximum atomic E-state index is 12.3. The molecule has 1 saturated heterocycles. The molecule has 0 N–H and O–H groups in total. The van der Waals surface area contributed by atoms with Gasteiger partial charge in [-0.3, -0.25) is 9.69 Å². The number of aryl methyl sites for hydroxylation is 1. The van der Waals surface area contributed by atoms with Crippen LogP contribution in [0.15, 0.2) is 24.3 Å². The van der Waals surface area contributed by atoms with Gasteiger partial charge >= 0.3 is 0 Å². The van der Waals surface area contributed by atoms with Crippen molar-refractivity contribution in [2.45, 2.75) is 25.7 Å². The van der Waals surface area contributed by atoms with Crippen LogP contribution in [0.4, 0.5) is 0 Å². The van der Waals surface area contributed by atoms with E-state index >= 15 is 0 Å². The molecule has 22 heavy (non-hydrogen) atoms. The van der Waals surface area contributed by atoms with Gasteiger partial charge in [0.1, 0.15) is 5.75 Å². The highest BCUT2D eigenvalue weighted by Crippen LogP contribution is 2.29. The zero-order chi connectivity index (χ0) is 15.4. The summed E-state index contributed by atoms with van der Waals surface area (Å²) < 4.78 is 5.15. The Morgan fingerprint density at radius 2 is 1.82 bits per heavy atom. The van der Waals surface area contributed by atoms with Crippen LogP contribution < -0.4 is 4.74 Å². The van der Waals surface area contributed by atoms with Crippen molar-refractivity contribution < 1.29 is 9.53 Å². The van der Waals surface area contributed by atoms with E-state index < -0.39 is 0 Å². The summed E-state index contributed by atoms with van der Waals surface area (Å²) in [6.07, 6.45) is 4.22. The van der Waals surface area contributed by atoms with Gasteiger partial charge in [0.25, 0.3) is 0 Å². The number of carbonyl (C=O) groups excluding carboxylic acids is 1. The molecule has 1 amide bonds. The first kappa shape index (κ1) is 15.3. The molecule has 0 spiro atoms. The Labute approximate surface area is 133 Å². The monoisotopic (exact) mass is 302 g/mol. The Balaban J connectivity index is 1.40. The van der Waals surface area contributed by atoms with E-state index in [0.29, 0.717) is 12.3 Å². The van der Waals surface area contributed by atoms with Crippen molar-refractivity contribution in [1.29, 1.82) is 0 Å². The normalized spacial score (nSPS) is 19.2. The third-order valence-electron chi connectivity index (χ3n) is 4.72. The maximum absolute atomic E-state index is 12.3. The quantitative estimate of drug-likeness (QED) is 0.807. The molecule has 1 aromatic carbocycles. The molecule has 1 aromatic rings. The van der Waals surface area contributed by atoms with Crippen molar-refractivity contribution in [3.8, 4) is 5.75 Å². The van der Waals surface area contributed by atoms with Gasteiger partial charge < -0.3 is 9.64 Å². The molecular weight excluding hydrogens is 276 g/mol. The summed E-state index contributed by atoms with van der Waals surface area (Å²) in [6.45, 7) is 5.13. The average molecular weight is 302 g/mol. The summed E-state index contributed by atoms with van der Waals surface area (Å²) in [5.74, 6) is 2.10. The molecule has 4 heteroatoms. The highest BCUT2D eigenvalue weighted by Gasteiger charge is 2.27. The van der Waals surface area contributed by atoms with Gasteiger partial charge in [-0.2, -0.15) is 0 Å². The number of methoxy groups -OCH3 is 1. The molecule has 1 saturated carbocycles. The van der Waals surface area contributed by atoms with E-state index in [-0.39, 0.29) is 0 Å². The van der Waals surface area contributed by atoms with E-state index in [4.69, 9.17) is 4.74 Å². The van der Waals surface area contributed by atoms with Crippen LogP contribution in [-0.4, -0.2) is 55.5 Å². The van der Waals surface area contributed by atoms with Gasteiger partial charge in [-0.15, -0.1) is 0 Å². The van der Waals surface area contributed by atoms with Crippen LogP contribution in [0.3, 0.4) is 0 Å². The Kier molecular flexibility index (Phi) is 4.98. The van der Waals surface area contributed by atoms with Gasteiger partial charge in [0.15, 0.2) is 0 Å². The Bertz CT molecular complexity index is 488. The molecule has 1 aliphatic heterocycles. The molecule has 1 aliphatic carbocycles. The Hall–Kier alpha value is -1.55. The van der Waals surface area contributed by atoms with Crippen LogP contribution in [0.25, 0.3) is 0 Å². The fourth-order valence-electron chi connectivity index (χ4n) is 3.05. The standard InChI is InChI=1S/C18H26N2O2/c1-22-17-7-4-15(5-8-17)6-9-18(21)20-12-10-19(11-13-20)14-16-2-3-16/h4-5,7-8,16H,2-3,6,9-14H2,1H3. The summed E-state index contributed by atoms with van der Waals surface area (Å²) in [7, 11) is 1.67. The van der Waals surface area contributed by atoms with Crippen molar-refractivity contribution in [2.24, 2.45) is 5.92 Å². The van der Waals surface area contributed by atoms with Crippen LogP contribution in [0.2, 0.25) is 0 Å². The number of carbonyl (C=O) groups is 1. The maximum Gasteiger partial charge on any atom is 0.222 e. The van der Waals surface area contributed by atoms with Crippen LogP contribution in [0, 0.1) is 5.92 Å². The fraction of sp³-hybridized carbons (Fsp3) is 0.611. The number of amides is 1. The third kappa shape index (κ3) is 4.23. The molecule has 120 valence electrons. The smallest absolute Gasteiger partial charge is 0.222 e. The second-order valence-corrected chi connectivity index (χ2v) is 6.47. The molecular formula is C18H26N2O2. The minimum absolute atomic E-state index is 0.293. The van der Waals surface area contributed by atoms with Gasteiger partial charge in [0.05, 0.1) is 7.11 Å². The third-order valence-corrected chi connectivity index (χ3v) is 4.72. The molecule has 0 radical (unpaired) electrons. The van der Waals surface area contributed by atoms with E-state index in [9.17, 15) is 4.79 Å². The Morgan fingerprint density at radius 3 is 2.41 bits per heavy atom. The van der Waals surface area contributed by atoms with Gasteiger partial charge in [-0.25, -0.2) is 0 Å². The number of ether oxygens (including phenoxy) is 1. The average Bonchev–Trinajstić information content (AvgIpc) is 3.38. The van der Waals surface area contributed by atoms with Crippen molar-refractivity contribution in [3.05, 3.63) is 29.8 Å². The van der Waals surface area contributed by atoms with Gasteiger partial charge in [0.2, 0.25) is 5.91 Å². The molecule has 2 fully saturated rings. The number of nitrogens with zero attached hydrogens (tertiary/aromatic N) is 2. The van der Waals surface area contributed by atoms with Gasteiger partial charge in [-0.05, 0) is 42.9 Å². The lowest BCUT2D eigenvalue weighted by molar-refractivity contribution is -0.132. The molecule has 0 atom stereocenters. The highest BCUT2D eigenvalue weighted by molar-refractivity contribution is 5.76. The number of hydrogen-bond donors (Lipinski definition) is 0. The van der Waals surface area contributed by atoms with E-state index in [0.717, 1.165) is 44.3 Å². The van der Waals surface area contributed by atoms with Gasteiger partial charge in [-0.1, -0.05) is 12.1 Å². The van der Waals surface area contributed by atoms with Crippen molar-refractivity contribution in [1.82, 2.24) is 9.80 Å².